The zero-order valence-corrected chi connectivity index (χ0v) is 15.9. The van der Waals surface area contributed by atoms with Crippen LogP contribution in [-0.4, -0.2) is 21.3 Å². The lowest BCUT2D eigenvalue weighted by Crippen LogP contribution is -2.11. The molecule has 2 aliphatic carbocycles. The maximum Gasteiger partial charge on any atom is 0.290 e. The predicted molar refractivity (Wildman–Crippen MR) is 107 cm³/mol. The normalized spacial score (nSPS) is 16.4. The van der Waals surface area contributed by atoms with Crippen molar-refractivity contribution in [3.05, 3.63) is 59.0 Å². The van der Waals surface area contributed by atoms with Crippen LogP contribution in [-0.2, 0) is 4.79 Å². The van der Waals surface area contributed by atoms with Crippen molar-refractivity contribution in [1.29, 1.82) is 0 Å². The molecule has 2 fully saturated rings. The van der Waals surface area contributed by atoms with E-state index in [0.717, 1.165) is 11.2 Å². The number of rotatable bonds is 3. The summed E-state index contributed by atoms with van der Waals surface area (Å²) in [5, 5.41) is 18.1. The molecule has 2 aliphatic rings. The van der Waals surface area contributed by atoms with Crippen LogP contribution < -0.4 is 0 Å². The van der Waals surface area contributed by atoms with Gasteiger partial charge in [0, 0.05) is 16.8 Å². The van der Waals surface area contributed by atoms with Crippen LogP contribution in [0.25, 0.3) is 16.6 Å². The first-order valence-electron chi connectivity index (χ1n) is 9.76. The topological polar surface area (TPSA) is 62.5 Å². The van der Waals surface area contributed by atoms with Gasteiger partial charge in [-0.15, -0.1) is 0 Å². The van der Waals surface area contributed by atoms with Crippen molar-refractivity contribution >= 4 is 17.4 Å². The maximum atomic E-state index is 13.8. The number of aromatic nitrogens is 1. The van der Waals surface area contributed by atoms with Crippen molar-refractivity contribution in [1.82, 2.24) is 4.57 Å². The van der Waals surface area contributed by atoms with Gasteiger partial charge in [0.2, 0.25) is 0 Å². The van der Waals surface area contributed by atoms with Crippen molar-refractivity contribution < 1.29 is 19.4 Å². The predicted octanol–water partition coefficient (Wildman–Crippen LogP) is 5.63. The molecular formula is C23H24FNO3. The highest BCUT2D eigenvalue weighted by atomic mass is 19.1. The summed E-state index contributed by atoms with van der Waals surface area (Å²) in [6.45, 7) is 1.57. The van der Waals surface area contributed by atoms with Crippen LogP contribution in [0, 0.1) is 12.7 Å². The third kappa shape index (κ3) is 3.15. The lowest BCUT2D eigenvalue weighted by atomic mass is 9.78. The molecule has 1 aromatic heterocycles. The van der Waals surface area contributed by atoms with Gasteiger partial charge >= 0.3 is 0 Å². The van der Waals surface area contributed by atoms with E-state index in [9.17, 15) is 9.50 Å². The summed E-state index contributed by atoms with van der Waals surface area (Å²) in [5.41, 5.74) is 5.66. The number of carbonyl (C=O) groups is 1. The van der Waals surface area contributed by atoms with Crippen LogP contribution in [0.3, 0.4) is 0 Å². The monoisotopic (exact) mass is 381 g/mol. The Kier molecular flexibility index (Phi) is 4.84. The van der Waals surface area contributed by atoms with E-state index in [4.69, 9.17) is 9.90 Å². The molecule has 2 saturated carbocycles. The summed E-state index contributed by atoms with van der Waals surface area (Å²) < 4.78 is 16.1. The number of phenolic OH excluding ortho intramolecular Hbond substituents is 1. The Labute approximate surface area is 163 Å². The molecule has 28 heavy (non-hydrogen) atoms. The minimum Gasteiger partial charge on any atom is -0.508 e. The minimum atomic E-state index is -0.250. The first-order chi connectivity index (χ1) is 13.5. The number of halogens is 1. The molecule has 0 spiro atoms. The number of benzene rings is 2. The highest BCUT2D eigenvalue weighted by Crippen LogP contribution is 2.52. The zero-order chi connectivity index (χ0) is 19.8. The molecule has 2 aromatic carbocycles. The van der Waals surface area contributed by atoms with Gasteiger partial charge in [-0.25, -0.2) is 4.39 Å². The first kappa shape index (κ1) is 18.5. The zero-order valence-electron chi connectivity index (χ0n) is 15.9. The van der Waals surface area contributed by atoms with Crippen LogP contribution in [0.5, 0.6) is 5.75 Å². The SMILES string of the molecule is Cc1cc(-n2c(C3CC3)c(C3CCC3)c3cc(O)ccc32)ccc1F.O=CO. The van der Waals surface area contributed by atoms with Crippen molar-refractivity contribution in [3.63, 3.8) is 0 Å². The average molecular weight is 381 g/mol. The van der Waals surface area contributed by atoms with Crippen LogP contribution >= 0.6 is 0 Å². The smallest absolute Gasteiger partial charge is 0.290 e. The minimum absolute atomic E-state index is 0.162. The lowest BCUT2D eigenvalue weighted by Gasteiger charge is -2.27. The molecule has 0 amide bonds. The lowest BCUT2D eigenvalue weighted by molar-refractivity contribution is -0.122. The number of hydrogen-bond acceptors (Lipinski definition) is 2. The molecule has 0 unspecified atom stereocenters. The van der Waals surface area contributed by atoms with Crippen LogP contribution in [0.1, 0.15) is 60.8 Å². The van der Waals surface area contributed by atoms with E-state index in [2.05, 4.69) is 4.57 Å². The summed E-state index contributed by atoms with van der Waals surface area (Å²) in [5.74, 6) is 1.35. The van der Waals surface area contributed by atoms with E-state index in [-0.39, 0.29) is 12.3 Å². The molecule has 5 heteroatoms. The Morgan fingerprint density at radius 1 is 1.07 bits per heavy atom. The number of carboxylic acid groups (broad SMARTS) is 1. The molecule has 0 aliphatic heterocycles. The number of aryl methyl sites for hydroxylation is 1. The van der Waals surface area contributed by atoms with Crippen LogP contribution in [0.4, 0.5) is 4.39 Å². The van der Waals surface area contributed by atoms with Crippen molar-refractivity contribution in [2.45, 2.75) is 50.9 Å². The van der Waals surface area contributed by atoms with E-state index < -0.39 is 0 Å². The van der Waals surface area contributed by atoms with E-state index in [1.807, 2.05) is 31.2 Å². The van der Waals surface area contributed by atoms with Gasteiger partial charge < -0.3 is 14.8 Å². The van der Waals surface area contributed by atoms with E-state index in [0.29, 0.717) is 23.1 Å². The molecular weight excluding hydrogens is 357 g/mol. The standard InChI is InChI=1S/C22H22FNO.CH2O2/c1-13-11-16(7-9-19(13)23)24-20-10-8-17(25)12-18(20)21(14-3-2-4-14)22(24)15-5-6-15;2-1-3/h7-12,14-15,25H,2-6H2,1H3;1H,(H,2,3). The quantitative estimate of drug-likeness (QED) is 0.578. The summed E-state index contributed by atoms with van der Waals surface area (Å²) in [4.78, 5) is 8.36. The number of nitrogens with zero attached hydrogens (tertiary/aromatic N) is 1. The molecule has 1 heterocycles. The Bertz CT molecular complexity index is 1030. The number of aromatic hydroxyl groups is 1. The highest BCUT2D eigenvalue weighted by molar-refractivity contribution is 5.89. The fourth-order valence-corrected chi connectivity index (χ4v) is 4.25. The molecule has 0 saturated heterocycles. The van der Waals surface area contributed by atoms with Gasteiger partial charge in [-0.3, -0.25) is 4.79 Å². The number of fused-ring (bicyclic) bond motifs is 1. The van der Waals surface area contributed by atoms with Crippen LogP contribution in [0.15, 0.2) is 36.4 Å². The average Bonchev–Trinajstić information content (AvgIpc) is 3.41. The molecule has 2 N–H and O–H groups in total. The second-order valence-corrected chi connectivity index (χ2v) is 7.78. The van der Waals surface area contributed by atoms with E-state index in [1.54, 1.807) is 12.1 Å². The second-order valence-electron chi connectivity index (χ2n) is 7.78. The van der Waals surface area contributed by atoms with Gasteiger partial charge in [-0.1, -0.05) is 6.42 Å². The molecule has 0 bridgehead atoms. The van der Waals surface area contributed by atoms with Crippen molar-refractivity contribution in [2.75, 3.05) is 0 Å². The molecule has 0 atom stereocenters. The third-order valence-corrected chi connectivity index (χ3v) is 5.91. The first-order valence-corrected chi connectivity index (χ1v) is 9.76. The third-order valence-electron chi connectivity index (χ3n) is 5.91. The molecule has 0 radical (unpaired) electrons. The molecule has 5 rings (SSSR count). The van der Waals surface area contributed by atoms with Gasteiger partial charge in [0.1, 0.15) is 11.6 Å². The van der Waals surface area contributed by atoms with Crippen LogP contribution in [0.2, 0.25) is 0 Å². The highest BCUT2D eigenvalue weighted by Gasteiger charge is 2.36. The summed E-state index contributed by atoms with van der Waals surface area (Å²) in [6, 6.07) is 11.1. The van der Waals surface area contributed by atoms with E-state index in [1.165, 1.54) is 48.7 Å². The fourth-order valence-electron chi connectivity index (χ4n) is 4.25. The fraction of sp³-hybridized carbons (Fsp3) is 0.348. The second kappa shape index (κ2) is 7.30. The van der Waals surface area contributed by atoms with Gasteiger partial charge in [0.05, 0.1) is 5.52 Å². The van der Waals surface area contributed by atoms with Gasteiger partial charge in [-0.2, -0.15) is 0 Å². The van der Waals surface area contributed by atoms with Gasteiger partial charge in [0.15, 0.2) is 0 Å². The molecule has 3 aromatic rings. The summed E-state index contributed by atoms with van der Waals surface area (Å²) in [7, 11) is 0. The Balaban J connectivity index is 0.000000604. The Hall–Kier alpha value is -2.82. The van der Waals surface area contributed by atoms with E-state index >= 15 is 0 Å². The largest absolute Gasteiger partial charge is 0.508 e. The maximum absolute atomic E-state index is 13.8. The van der Waals surface area contributed by atoms with Gasteiger partial charge in [0.25, 0.3) is 6.47 Å². The number of phenols is 1. The number of hydrogen-bond donors (Lipinski definition) is 2. The van der Waals surface area contributed by atoms with Crippen molar-refractivity contribution in [3.8, 4) is 11.4 Å². The molecule has 146 valence electrons. The summed E-state index contributed by atoms with van der Waals surface area (Å²) in [6.07, 6.45) is 6.20. The Morgan fingerprint density at radius 3 is 2.36 bits per heavy atom. The molecule has 4 nitrogen and oxygen atoms in total. The van der Waals surface area contributed by atoms with Crippen molar-refractivity contribution in [2.24, 2.45) is 0 Å². The van der Waals surface area contributed by atoms with Gasteiger partial charge in [-0.05, 0) is 92.0 Å². The summed E-state index contributed by atoms with van der Waals surface area (Å²) >= 11 is 0. The Morgan fingerprint density at radius 2 is 1.79 bits per heavy atom.